The van der Waals surface area contributed by atoms with Gasteiger partial charge in [0.15, 0.2) is 0 Å². The van der Waals surface area contributed by atoms with E-state index in [4.69, 9.17) is 14.2 Å². The molecule has 0 atom stereocenters. The zero-order valence-corrected chi connectivity index (χ0v) is 33.5. The molecule has 0 aliphatic rings. The van der Waals surface area contributed by atoms with E-state index in [-0.39, 0.29) is 16.2 Å². The molecule has 0 spiro atoms. The standard InChI is InChI=1S/C46H58O5/c1-42(2,3)30-20-23-32(24-21-30)49-37-19-17-16-18-33(37)41(48)51-39-35(45(10,11)12)26-29(27-36(39)46(13,14)15)40(47)50-38-25-22-31(43(4,5)6)28-34(38)44(7,8)9/h16-28H,1-15H3. The summed E-state index contributed by atoms with van der Waals surface area (Å²) in [7, 11) is 0. The Kier molecular flexibility index (Phi) is 10.8. The van der Waals surface area contributed by atoms with Crippen LogP contribution in [0.15, 0.2) is 78.9 Å². The van der Waals surface area contributed by atoms with Crippen molar-refractivity contribution in [3.8, 4) is 23.0 Å². The average Bonchev–Trinajstić information content (AvgIpc) is 2.99. The zero-order valence-electron chi connectivity index (χ0n) is 33.5. The molecular formula is C46H58O5. The fraction of sp³-hybridized carbons (Fsp3) is 0.435. The smallest absolute Gasteiger partial charge is 0.347 e. The maximum Gasteiger partial charge on any atom is 0.347 e. The lowest BCUT2D eigenvalue weighted by Crippen LogP contribution is -2.24. The van der Waals surface area contributed by atoms with E-state index in [1.54, 1.807) is 30.3 Å². The van der Waals surface area contributed by atoms with Crippen LogP contribution < -0.4 is 14.2 Å². The molecule has 0 N–H and O–H groups in total. The Morgan fingerprint density at radius 1 is 0.451 bits per heavy atom. The molecule has 4 aromatic carbocycles. The summed E-state index contributed by atoms with van der Waals surface area (Å²) in [6.07, 6.45) is 0. The molecule has 51 heavy (non-hydrogen) atoms. The van der Waals surface area contributed by atoms with E-state index >= 15 is 0 Å². The Bertz CT molecular complexity index is 1860. The molecule has 0 fully saturated rings. The van der Waals surface area contributed by atoms with E-state index in [0.29, 0.717) is 34.1 Å². The quantitative estimate of drug-likeness (QED) is 0.149. The maximum absolute atomic E-state index is 14.1. The summed E-state index contributed by atoms with van der Waals surface area (Å²) in [4.78, 5) is 28.1. The monoisotopic (exact) mass is 690 g/mol. The van der Waals surface area contributed by atoms with Crippen LogP contribution in [0.5, 0.6) is 23.0 Å². The first kappa shape index (κ1) is 39.4. The van der Waals surface area contributed by atoms with Crippen molar-refractivity contribution in [2.75, 3.05) is 0 Å². The SMILES string of the molecule is CC(C)(C)c1ccc(Oc2ccccc2C(=O)Oc2c(C(C)(C)C)cc(C(=O)Oc3ccc(C(C)(C)C)cc3C(C)(C)C)cc2C(C)(C)C)cc1. The fourth-order valence-corrected chi connectivity index (χ4v) is 5.82. The molecule has 4 rings (SSSR count). The molecule has 5 heteroatoms. The molecular weight excluding hydrogens is 633 g/mol. The minimum absolute atomic E-state index is 0.00905. The van der Waals surface area contributed by atoms with Crippen LogP contribution in [0.4, 0.5) is 0 Å². The molecule has 0 aliphatic heterocycles. The summed E-state index contributed by atoms with van der Waals surface area (Å²) < 4.78 is 18.8. The summed E-state index contributed by atoms with van der Waals surface area (Å²) in [6.45, 7) is 31.6. The van der Waals surface area contributed by atoms with E-state index in [1.807, 2.05) is 84.0 Å². The summed E-state index contributed by atoms with van der Waals surface area (Å²) in [5, 5.41) is 0. The molecule has 0 amide bonds. The first-order chi connectivity index (χ1) is 23.3. The number of benzene rings is 4. The minimum atomic E-state index is -0.544. The van der Waals surface area contributed by atoms with E-state index in [0.717, 1.165) is 16.7 Å². The Balaban J connectivity index is 1.75. The van der Waals surface area contributed by atoms with Gasteiger partial charge in [-0.2, -0.15) is 0 Å². The number of carbonyl (C=O) groups is 2. The van der Waals surface area contributed by atoms with E-state index in [2.05, 4.69) is 68.4 Å². The highest BCUT2D eigenvalue weighted by atomic mass is 16.5. The van der Waals surface area contributed by atoms with Gasteiger partial charge in [-0.15, -0.1) is 0 Å². The first-order valence-corrected chi connectivity index (χ1v) is 17.9. The highest BCUT2D eigenvalue weighted by molar-refractivity contribution is 5.96. The molecule has 0 radical (unpaired) electrons. The summed E-state index contributed by atoms with van der Waals surface area (Å²) in [6, 6.07) is 24.7. The topological polar surface area (TPSA) is 61.8 Å². The van der Waals surface area contributed by atoms with Gasteiger partial charge in [-0.3, -0.25) is 0 Å². The highest BCUT2D eigenvalue weighted by Gasteiger charge is 2.32. The molecule has 0 saturated heterocycles. The van der Waals surface area contributed by atoms with Crippen LogP contribution in [0.3, 0.4) is 0 Å². The number of ether oxygens (including phenoxy) is 3. The molecule has 0 saturated carbocycles. The highest BCUT2D eigenvalue weighted by Crippen LogP contribution is 2.43. The molecule has 0 unspecified atom stereocenters. The Labute approximate surface area is 306 Å². The molecule has 0 bridgehead atoms. The lowest BCUT2D eigenvalue weighted by Gasteiger charge is -2.30. The lowest BCUT2D eigenvalue weighted by atomic mass is 9.78. The van der Waals surface area contributed by atoms with Gasteiger partial charge in [0.25, 0.3) is 0 Å². The van der Waals surface area contributed by atoms with Crippen molar-refractivity contribution in [3.63, 3.8) is 0 Å². The Morgan fingerprint density at radius 3 is 1.43 bits per heavy atom. The number of hydrogen-bond acceptors (Lipinski definition) is 5. The number of hydrogen-bond donors (Lipinski definition) is 0. The second-order valence-corrected chi connectivity index (χ2v) is 18.8. The van der Waals surface area contributed by atoms with E-state index < -0.39 is 22.8 Å². The maximum atomic E-state index is 14.1. The van der Waals surface area contributed by atoms with E-state index in [1.165, 1.54) is 11.1 Å². The lowest BCUT2D eigenvalue weighted by molar-refractivity contribution is 0.0724. The normalized spacial score (nSPS) is 12.8. The van der Waals surface area contributed by atoms with Gasteiger partial charge in [0.05, 0.1) is 5.56 Å². The number of carbonyl (C=O) groups excluding carboxylic acids is 2. The summed E-state index contributed by atoms with van der Waals surface area (Å²) in [5.74, 6) is 0.986. The molecule has 272 valence electrons. The van der Waals surface area contributed by atoms with Crippen LogP contribution >= 0.6 is 0 Å². The van der Waals surface area contributed by atoms with Gasteiger partial charge in [0.1, 0.15) is 28.6 Å². The molecule has 0 aliphatic carbocycles. The molecule has 5 nitrogen and oxygen atoms in total. The van der Waals surface area contributed by atoms with Gasteiger partial charge in [-0.1, -0.05) is 140 Å². The van der Waals surface area contributed by atoms with Crippen LogP contribution in [0.1, 0.15) is 152 Å². The van der Waals surface area contributed by atoms with Gasteiger partial charge in [0.2, 0.25) is 0 Å². The van der Waals surface area contributed by atoms with Crippen molar-refractivity contribution >= 4 is 11.9 Å². The molecule has 0 heterocycles. The molecule has 0 aromatic heterocycles. The van der Waals surface area contributed by atoms with Gasteiger partial charge in [0, 0.05) is 16.7 Å². The zero-order chi connectivity index (χ0) is 38.3. The van der Waals surface area contributed by atoms with Gasteiger partial charge >= 0.3 is 11.9 Å². The van der Waals surface area contributed by atoms with Gasteiger partial charge in [-0.05, 0) is 80.7 Å². The number of esters is 2. The third-order valence-corrected chi connectivity index (χ3v) is 9.05. The third kappa shape index (κ3) is 9.49. The third-order valence-electron chi connectivity index (χ3n) is 9.05. The van der Waals surface area contributed by atoms with Crippen molar-refractivity contribution in [1.29, 1.82) is 0 Å². The van der Waals surface area contributed by atoms with Crippen LogP contribution in [-0.4, -0.2) is 11.9 Å². The predicted molar refractivity (Wildman–Crippen MR) is 209 cm³/mol. The van der Waals surface area contributed by atoms with Crippen LogP contribution in [0.2, 0.25) is 0 Å². The van der Waals surface area contributed by atoms with Crippen molar-refractivity contribution < 1.29 is 23.8 Å². The van der Waals surface area contributed by atoms with Crippen molar-refractivity contribution in [3.05, 3.63) is 118 Å². The first-order valence-electron chi connectivity index (χ1n) is 17.9. The minimum Gasteiger partial charge on any atom is -0.456 e. The largest absolute Gasteiger partial charge is 0.456 e. The van der Waals surface area contributed by atoms with Gasteiger partial charge in [-0.25, -0.2) is 9.59 Å². The summed E-state index contributed by atoms with van der Waals surface area (Å²) in [5.41, 5.74) is 4.21. The number of para-hydroxylation sites is 1. The van der Waals surface area contributed by atoms with Crippen molar-refractivity contribution in [2.45, 2.75) is 131 Å². The Morgan fingerprint density at radius 2 is 0.941 bits per heavy atom. The van der Waals surface area contributed by atoms with Crippen molar-refractivity contribution in [1.82, 2.24) is 0 Å². The van der Waals surface area contributed by atoms with Crippen LogP contribution in [0, 0.1) is 0 Å². The van der Waals surface area contributed by atoms with Crippen molar-refractivity contribution in [2.24, 2.45) is 0 Å². The van der Waals surface area contributed by atoms with Crippen LogP contribution in [0.25, 0.3) is 0 Å². The fourth-order valence-electron chi connectivity index (χ4n) is 5.82. The number of rotatable bonds is 6. The van der Waals surface area contributed by atoms with E-state index in [9.17, 15) is 9.59 Å². The van der Waals surface area contributed by atoms with Gasteiger partial charge < -0.3 is 14.2 Å². The molecule has 4 aromatic rings. The summed E-state index contributed by atoms with van der Waals surface area (Å²) >= 11 is 0. The van der Waals surface area contributed by atoms with Crippen LogP contribution in [-0.2, 0) is 27.1 Å². The second-order valence-electron chi connectivity index (χ2n) is 18.8. The predicted octanol–water partition coefficient (Wildman–Crippen LogP) is 12.4. The second kappa shape index (κ2) is 14.0. The Hall–Kier alpha value is -4.38. The average molecular weight is 691 g/mol.